The summed E-state index contributed by atoms with van der Waals surface area (Å²) in [6, 6.07) is 25.0. The Bertz CT molecular complexity index is 1270. The van der Waals surface area contributed by atoms with E-state index in [1.54, 1.807) is 0 Å². The van der Waals surface area contributed by atoms with Gasteiger partial charge in [-0.3, -0.25) is 4.90 Å². The molecule has 1 amide bonds. The summed E-state index contributed by atoms with van der Waals surface area (Å²) in [7, 11) is 0. The summed E-state index contributed by atoms with van der Waals surface area (Å²) < 4.78 is 17.7. The van der Waals surface area contributed by atoms with Crippen LogP contribution in [0.2, 0.25) is 0 Å². The molecule has 6 rings (SSSR count). The number of amides is 1. The van der Waals surface area contributed by atoms with Gasteiger partial charge in [-0.05, 0) is 60.6 Å². The van der Waals surface area contributed by atoms with Crippen LogP contribution in [0, 0.1) is 0 Å². The minimum Gasteiger partial charge on any atom is -0.490 e. The fraction of sp³-hybridized carbons (Fsp3) is 0.344. The van der Waals surface area contributed by atoms with Gasteiger partial charge in [0.2, 0.25) is 0 Å². The van der Waals surface area contributed by atoms with Gasteiger partial charge in [0.05, 0.1) is 19.3 Å². The molecule has 3 aliphatic rings. The van der Waals surface area contributed by atoms with Crippen molar-refractivity contribution >= 4 is 6.09 Å². The average molecular weight is 496 g/mol. The van der Waals surface area contributed by atoms with Crippen molar-refractivity contribution in [3.05, 3.63) is 95.6 Å². The second kappa shape index (κ2) is 10.3. The number of fused-ring (bicyclic) bond motifs is 5. The van der Waals surface area contributed by atoms with Crippen LogP contribution in [0.15, 0.2) is 84.4 Å². The van der Waals surface area contributed by atoms with Gasteiger partial charge in [0.15, 0.2) is 11.5 Å². The maximum atomic E-state index is 13.3. The lowest BCUT2D eigenvalue weighted by Crippen LogP contribution is -2.43. The van der Waals surface area contributed by atoms with Crippen LogP contribution in [0.5, 0.6) is 11.5 Å². The summed E-state index contributed by atoms with van der Waals surface area (Å²) in [5.41, 5.74) is 6.34. The molecule has 37 heavy (non-hydrogen) atoms. The van der Waals surface area contributed by atoms with Crippen molar-refractivity contribution in [2.75, 3.05) is 19.8 Å². The van der Waals surface area contributed by atoms with E-state index in [1.165, 1.54) is 27.8 Å². The maximum Gasteiger partial charge on any atom is 0.410 e. The Morgan fingerprint density at radius 2 is 1.51 bits per heavy atom. The first kappa shape index (κ1) is 23.7. The molecule has 2 heterocycles. The second-order valence-electron chi connectivity index (χ2n) is 10.0. The van der Waals surface area contributed by atoms with Crippen LogP contribution in [-0.4, -0.2) is 42.9 Å². The van der Waals surface area contributed by atoms with Gasteiger partial charge in [-0.1, -0.05) is 72.3 Å². The predicted octanol–water partition coefficient (Wildman–Crippen LogP) is 6.97. The molecule has 0 radical (unpaired) electrons. The highest BCUT2D eigenvalue weighted by molar-refractivity contribution is 5.79. The third kappa shape index (κ3) is 4.59. The van der Waals surface area contributed by atoms with Crippen LogP contribution in [0.3, 0.4) is 0 Å². The molecule has 3 aromatic rings. The van der Waals surface area contributed by atoms with E-state index in [9.17, 15) is 4.79 Å². The standard InChI is InChI=1S/C32H33NO4/c1-2-35-30-13-7-8-14-31(30)36-18-17-22-19-23-15-16-24(20-22)33(23)32(34)37-21-29-27-11-5-3-9-25(27)26-10-4-6-12-28(26)29/h3-14,19,23-24,29H,2,15-18,20-21H2,1H3. The number of rotatable bonds is 8. The summed E-state index contributed by atoms with van der Waals surface area (Å²) in [5, 5.41) is 0. The van der Waals surface area contributed by atoms with E-state index in [2.05, 4.69) is 54.6 Å². The molecule has 2 atom stereocenters. The van der Waals surface area contributed by atoms with Crippen molar-refractivity contribution in [1.29, 1.82) is 0 Å². The van der Waals surface area contributed by atoms with E-state index in [0.29, 0.717) is 19.8 Å². The van der Waals surface area contributed by atoms with Gasteiger partial charge in [-0.25, -0.2) is 4.79 Å². The number of hydrogen-bond donors (Lipinski definition) is 0. The van der Waals surface area contributed by atoms with Crippen molar-refractivity contribution in [3.63, 3.8) is 0 Å². The molecule has 5 nitrogen and oxygen atoms in total. The summed E-state index contributed by atoms with van der Waals surface area (Å²) in [5.74, 6) is 1.65. The van der Waals surface area contributed by atoms with Gasteiger partial charge >= 0.3 is 6.09 Å². The van der Waals surface area contributed by atoms with Crippen LogP contribution in [0.25, 0.3) is 11.1 Å². The largest absolute Gasteiger partial charge is 0.490 e. The Kier molecular flexibility index (Phi) is 6.60. The van der Waals surface area contributed by atoms with E-state index in [4.69, 9.17) is 14.2 Å². The predicted molar refractivity (Wildman–Crippen MR) is 144 cm³/mol. The number of ether oxygens (including phenoxy) is 3. The average Bonchev–Trinajstić information content (AvgIpc) is 3.39. The zero-order chi connectivity index (χ0) is 25.2. The molecule has 1 fully saturated rings. The highest BCUT2D eigenvalue weighted by atomic mass is 16.6. The zero-order valence-corrected chi connectivity index (χ0v) is 21.3. The first-order chi connectivity index (χ1) is 18.2. The molecule has 2 unspecified atom stereocenters. The number of nitrogens with zero attached hydrogens (tertiary/aromatic N) is 1. The summed E-state index contributed by atoms with van der Waals surface area (Å²) in [4.78, 5) is 15.3. The lowest BCUT2D eigenvalue weighted by Gasteiger charge is -2.33. The quantitative estimate of drug-likeness (QED) is 0.317. The Morgan fingerprint density at radius 3 is 2.19 bits per heavy atom. The summed E-state index contributed by atoms with van der Waals surface area (Å²) in [6.45, 7) is 3.55. The lowest BCUT2D eigenvalue weighted by atomic mass is 9.98. The minimum atomic E-state index is -0.188. The maximum absolute atomic E-state index is 13.3. The van der Waals surface area contributed by atoms with E-state index < -0.39 is 0 Å². The first-order valence-corrected chi connectivity index (χ1v) is 13.4. The molecule has 1 saturated heterocycles. The van der Waals surface area contributed by atoms with Gasteiger partial charge in [-0.15, -0.1) is 0 Å². The van der Waals surface area contributed by atoms with Crippen molar-refractivity contribution in [3.8, 4) is 22.6 Å². The molecule has 0 spiro atoms. The van der Waals surface area contributed by atoms with Crippen molar-refractivity contribution < 1.29 is 19.0 Å². The molecular formula is C32H33NO4. The molecule has 1 aliphatic carbocycles. The van der Waals surface area contributed by atoms with Gasteiger partial charge < -0.3 is 14.2 Å². The molecule has 2 aliphatic heterocycles. The summed E-state index contributed by atoms with van der Waals surface area (Å²) >= 11 is 0. The van der Waals surface area contributed by atoms with E-state index >= 15 is 0 Å². The van der Waals surface area contributed by atoms with Crippen LogP contribution < -0.4 is 9.47 Å². The molecule has 190 valence electrons. The van der Waals surface area contributed by atoms with Crippen LogP contribution >= 0.6 is 0 Å². The van der Waals surface area contributed by atoms with Gasteiger partial charge in [0.1, 0.15) is 6.61 Å². The van der Waals surface area contributed by atoms with Crippen molar-refractivity contribution in [2.45, 2.75) is 50.6 Å². The normalized spacial score (nSPS) is 19.7. The second-order valence-corrected chi connectivity index (χ2v) is 10.0. The topological polar surface area (TPSA) is 48.0 Å². The van der Waals surface area contributed by atoms with Gasteiger partial charge in [0, 0.05) is 18.4 Å². The number of para-hydroxylation sites is 2. The zero-order valence-electron chi connectivity index (χ0n) is 21.3. The number of benzene rings is 3. The van der Waals surface area contributed by atoms with E-state index in [-0.39, 0.29) is 24.1 Å². The number of carbonyl (C=O) groups excluding carboxylic acids is 1. The Hall–Kier alpha value is -3.73. The number of carbonyl (C=O) groups is 1. The monoisotopic (exact) mass is 495 g/mol. The lowest BCUT2D eigenvalue weighted by molar-refractivity contribution is 0.0847. The Labute approximate surface area is 218 Å². The molecule has 5 heteroatoms. The van der Waals surface area contributed by atoms with Crippen molar-refractivity contribution in [1.82, 2.24) is 4.90 Å². The fourth-order valence-electron chi connectivity index (χ4n) is 6.19. The fourth-order valence-corrected chi connectivity index (χ4v) is 6.19. The van der Waals surface area contributed by atoms with E-state index in [1.807, 2.05) is 36.1 Å². The molecule has 0 aromatic heterocycles. The van der Waals surface area contributed by atoms with Crippen LogP contribution in [0.1, 0.15) is 49.7 Å². The smallest absolute Gasteiger partial charge is 0.410 e. The third-order valence-corrected chi connectivity index (χ3v) is 7.85. The molecule has 0 N–H and O–H groups in total. The van der Waals surface area contributed by atoms with Crippen molar-refractivity contribution in [2.24, 2.45) is 0 Å². The molecule has 3 aromatic carbocycles. The van der Waals surface area contributed by atoms with Gasteiger partial charge in [-0.2, -0.15) is 0 Å². The SMILES string of the molecule is CCOc1ccccc1OCCC1=CC2CCC(C1)N2C(=O)OCC1c2ccccc2-c2ccccc21. The van der Waals surface area contributed by atoms with Gasteiger partial charge in [0.25, 0.3) is 0 Å². The van der Waals surface area contributed by atoms with Crippen LogP contribution in [0.4, 0.5) is 4.79 Å². The minimum absolute atomic E-state index is 0.0848. The van der Waals surface area contributed by atoms with E-state index in [0.717, 1.165) is 37.2 Å². The number of hydrogen-bond acceptors (Lipinski definition) is 4. The Morgan fingerprint density at radius 1 is 0.865 bits per heavy atom. The first-order valence-electron chi connectivity index (χ1n) is 13.4. The highest BCUT2D eigenvalue weighted by Gasteiger charge is 2.41. The molecule has 0 saturated carbocycles. The Balaban J connectivity index is 1.07. The highest BCUT2D eigenvalue weighted by Crippen LogP contribution is 2.45. The van der Waals surface area contributed by atoms with Crippen LogP contribution in [-0.2, 0) is 4.74 Å². The third-order valence-electron chi connectivity index (χ3n) is 7.85. The molecular weight excluding hydrogens is 462 g/mol. The molecule has 2 bridgehead atoms. The summed E-state index contributed by atoms with van der Waals surface area (Å²) in [6.07, 6.45) is 5.83.